The van der Waals surface area contributed by atoms with E-state index < -0.39 is 6.10 Å². The Morgan fingerprint density at radius 2 is 2.25 bits per heavy atom. The minimum Gasteiger partial charge on any atom is -0.496 e. The minimum absolute atomic E-state index is 0.309. The molecular weight excluding hydrogens is 320 g/mol. The van der Waals surface area contributed by atoms with Crippen LogP contribution < -0.4 is 4.74 Å². The average Bonchev–Trinajstić information content (AvgIpc) is 2.93. The Morgan fingerprint density at radius 1 is 1.50 bits per heavy atom. The molecule has 1 aromatic rings. The molecule has 0 radical (unpaired) electrons. The van der Waals surface area contributed by atoms with Crippen molar-refractivity contribution in [3.8, 4) is 5.75 Å². The van der Waals surface area contributed by atoms with E-state index in [-0.39, 0.29) is 0 Å². The fourth-order valence-electron chi connectivity index (χ4n) is 2.91. The molecule has 1 aliphatic rings. The number of hydrogen-bond acceptors (Lipinski definition) is 3. The highest BCUT2D eigenvalue weighted by Gasteiger charge is 2.22. The van der Waals surface area contributed by atoms with Crippen molar-refractivity contribution in [2.75, 3.05) is 13.7 Å². The molecule has 0 aliphatic carbocycles. The lowest BCUT2D eigenvalue weighted by molar-refractivity contribution is 0.0803. The van der Waals surface area contributed by atoms with Crippen LogP contribution in [0.3, 0.4) is 0 Å². The molecule has 4 heteroatoms. The largest absolute Gasteiger partial charge is 0.496 e. The Balaban J connectivity index is 2.17. The third kappa shape index (κ3) is 3.35. The van der Waals surface area contributed by atoms with Crippen molar-refractivity contribution < 1.29 is 14.6 Å². The molecule has 1 aromatic carbocycles. The number of aliphatic hydroxyl groups excluding tert-OH is 1. The number of methoxy groups -OCH3 is 1. The van der Waals surface area contributed by atoms with Gasteiger partial charge in [0.1, 0.15) is 5.75 Å². The highest BCUT2D eigenvalue weighted by molar-refractivity contribution is 9.10. The van der Waals surface area contributed by atoms with E-state index in [1.54, 1.807) is 7.11 Å². The van der Waals surface area contributed by atoms with Crippen LogP contribution in [0.15, 0.2) is 10.5 Å². The van der Waals surface area contributed by atoms with Crippen molar-refractivity contribution in [3.05, 3.63) is 27.2 Å². The van der Waals surface area contributed by atoms with Gasteiger partial charge in [0, 0.05) is 16.6 Å². The zero-order valence-electron chi connectivity index (χ0n) is 12.4. The second-order valence-electron chi connectivity index (χ2n) is 5.48. The summed E-state index contributed by atoms with van der Waals surface area (Å²) in [4.78, 5) is 0. The molecule has 0 bridgehead atoms. The summed E-state index contributed by atoms with van der Waals surface area (Å²) in [6.45, 7) is 4.87. The number of halogens is 1. The molecule has 2 unspecified atom stereocenters. The van der Waals surface area contributed by atoms with E-state index in [4.69, 9.17) is 9.47 Å². The minimum atomic E-state index is -0.509. The number of ether oxygens (including phenoxy) is 2. The molecule has 112 valence electrons. The monoisotopic (exact) mass is 342 g/mol. The molecule has 0 saturated carbocycles. The van der Waals surface area contributed by atoms with Gasteiger partial charge < -0.3 is 14.6 Å². The van der Waals surface area contributed by atoms with Crippen molar-refractivity contribution in [2.45, 2.75) is 51.7 Å². The lowest BCUT2D eigenvalue weighted by atomic mass is 9.95. The van der Waals surface area contributed by atoms with Crippen molar-refractivity contribution >= 4 is 15.9 Å². The van der Waals surface area contributed by atoms with E-state index in [2.05, 4.69) is 15.9 Å². The Bertz CT molecular complexity index is 467. The number of aryl methyl sites for hydroxylation is 1. The predicted octanol–water partition coefficient (Wildman–Crippen LogP) is 4.07. The second kappa shape index (κ2) is 6.92. The molecule has 1 N–H and O–H groups in total. The van der Waals surface area contributed by atoms with Crippen LogP contribution in [-0.4, -0.2) is 24.9 Å². The Labute approximate surface area is 129 Å². The highest BCUT2D eigenvalue weighted by atomic mass is 79.9. The van der Waals surface area contributed by atoms with Gasteiger partial charge in [-0.15, -0.1) is 0 Å². The number of benzene rings is 1. The van der Waals surface area contributed by atoms with Gasteiger partial charge in [0.05, 0.1) is 19.3 Å². The van der Waals surface area contributed by atoms with Crippen LogP contribution in [0.5, 0.6) is 5.75 Å². The smallest absolute Gasteiger partial charge is 0.127 e. The molecule has 1 fully saturated rings. The molecule has 1 saturated heterocycles. The van der Waals surface area contributed by atoms with Crippen LogP contribution >= 0.6 is 15.9 Å². The molecule has 0 aromatic heterocycles. The summed E-state index contributed by atoms with van der Waals surface area (Å²) in [6, 6.07) is 2.03. The zero-order valence-corrected chi connectivity index (χ0v) is 14.0. The lowest BCUT2D eigenvalue weighted by Gasteiger charge is -2.21. The first-order valence-corrected chi connectivity index (χ1v) is 7.97. The third-order valence-electron chi connectivity index (χ3n) is 4.03. The van der Waals surface area contributed by atoms with E-state index in [9.17, 15) is 5.11 Å². The Morgan fingerprint density at radius 3 is 2.85 bits per heavy atom. The quantitative estimate of drug-likeness (QED) is 0.876. The first kappa shape index (κ1) is 15.8. The Kier molecular flexibility index (Phi) is 5.47. The first-order valence-electron chi connectivity index (χ1n) is 7.17. The summed E-state index contributed by atoms with van der Waals surface area (Å²) < 4.78 is 12.1. The van der Waals surface area contributed by atoms with Crippen LogP contribution in [-0.2, 0) is 4.74 Å². The highest BCUT2D eigenvalue weighted by Crippen LogP contribution is 2.38. The van der Waals surface area contributed by atoms with Gasteiger partial charge in [-0.05, 0) is 56.7 Å². The van der Waals surface area contributed by atoms with Crippen LogP contribution in [0.2, 0.25) is 0 Å². The molecule has 0 spiro atoms. The summed E-state index contributed by atoms with van der Waals surface area (Å²) in [5.41, 5.74) is 2.99. The molecule has 3 nitrogen and oxygen atoms in total. The predicted molar refractivity (Wildman–Crippen MR) is 83.3 cm³/mol. The maximum atomic E-state index is 10.6. The first-order chi connectivity index (χ1) is 9.54. The summed E-state index contributed by atoms with van der Waals surface area (Å²) >= 11 is 3.55. The van der Waals surface area contributed by atoms with Gasteiger partial charge in [-0.25, -0.2) is 0 Å². The fraction of sp³-hybridized carbons (Fsp3) is 0.625. The maximum absolute atomic E-state index is 10.6. The van der Waals surface area contributed by atoms with Gasteiger partial charge in [-0.2, -0.15) is 0 Å². The summed E-state index contributed by atoms with van der Waals surface area (Å²) in [6.07, 6.45) is 3.65. The number of aliphatic hydroxyl groups is 1. The van der Waals surface area contributed by atoms with Gasteiger partial charge in [0.2, 0.25) is 0 Å². The third-order valence-corrected chi connectivity index (χ3v) is 4.86. The van der Waals surface area contributed by atoms with Crippen LogP contribution in [0, 0.1) is 13.8 Å². The molecule has 2 rings (SSSR count). The number of rotatable bonds is 5. The average molecular weight is 343 g/mol. The van der Waals surface area contributed by atoms with Gasteiger partial charge in [0.25, 0.3) is 0 Å². The summed E-state index contributed by atoms with van der Waals surface area (Å²) in [5.74, 6) is 0.797. The van der Waals surface area contributed by atoms with E-state index >= 15 is 0 Å². The fourth-order valence-corrected chi connectivity index (χ4v) is 3.46. The second-order valence-corrected chi connectivity index (χ2v) is 6.33. The molecule has 20 heavy (non-hydrogen) atoms. The molecular formula is C16H23BrO3. The normalized spacial score (nSPS) is 20.1. The SMILES string of the molecule is COc1c(C)cc(Br)c(C)c1C(O)CCC1CCCO1. The maximum Gasteiger partial charge on any atom is 0.127 e. The van der Waals surface area contributed by atoms with Crippen LogP contribution in [0.25, 0.3) is 0 Å². The van der Waals surface area contributed by atoms with E-state index in [0.29, 0.717) is 12.5 Å². The van der Waals surface area contributed by atoms with Crippen LogP contribution in [0.1, 0.15) is 48.5 Å². The van der Waals surface area contributed by atoms with Crippen molar-refractivity contribution in [2.24, 2.45) is 0 Å². The standard InChI is InChI=1S/C16H23BrO3/c1-10-9-13(17)11(2)15(16(10)19-3)14(18)7-6-12-5-4-8-20-12/h9,12,14,18H,4-8H2,1-3H3. The van der Waals surface area contributed by atoms with Crippen molar-refractivity contribution in [3.63, 3.8) is 0 Å². The van der Waals surface area contributed by atoms with Crippen molar-refractivity contribution in [1.82, 2.24) is 0 Å². The summed E-state index contributed by atoms with van der Waals surface area (Å²) in [7, 11) is 1.66. The summed E-state index contributed by atoms with van der Waals surface area (Å²) in [5, 5.41) is 10.6. The molecule has 0 amide bonds. The van der Waals surface area contributed by atoms with Gasteiger partial charge in [0.15, 0.2) is 0 Å². The van der Waals surface area contributed by atoms with Gasteiger partial charge >= 0.3 is 0 Å². The molecule has 1 aliphatic heterocycles. The molecule has 2 atom stereocenters. The van der Waals surface area contributed by atoms with Gasteiger partial charge in [-0.3, -0.25) is 0 Å². The van der Waals surface area contributed by atoms with Crippen LogP contribution in [0.4, 0.5) is 0 Å². The lowest BCUT2D eigenvalue weighted by Crippen LogP contribution is -2.10. The Hall–Kier alpha value is -0.580. The van der Waals surface area contributed by atoms with Crippen molar-refractivity contribution in [1.29, 1.82) is 0 Å². The zero-order chi connectivity index (χ0) is 14.7. The van der Waals surface area contributed by atoms with E-state index in [1.165, 1.54) is 0 Å². The van der Waals surface area contributed by atoms with E-state index in [0.717, 1.165) is 52.8 Å². The van der Waals surface area contributed by atoms with E-state index in [1.807, 2.05) is 19.9 Å². The molecule has 1 heterocycles. The number of hydrogen-bond donors (Lipinski definition) is 1. The van der Waals surface area contributed by atoms with Gasteiger partial charge in [-0.1, -0.05) is 15.9 Å². The topological polar surface area (TPSA) is 38.7 Å².